The van der Waals surface area contributed by atoms with E-state index >= 15 is 0 Å². The molecule has 182 valence electrons. The first kappa shape index (κ1) is 23.6. The van der Waals surface area contributed by atoms with Gasteiger partial charge < -0.3 is 14.5 Å². The van der Waals surface area contributed by atoms with Crippen LogP contribution in [0.15, 0.2) is 76.6 Å². The number of carbonyl (C=O) groups is 1. The van der Waals surface area contributed by atoms with Crippen molar-refractivity contribution in [2.75, 3.05) is 14.2 Å². The summed E-state index contributed by atoms with van der Waals surface area (Å²) in [7, 11) is 3.12. The molecule has 4 aromatic rings. The number of ether oxygens (including phenoxy) is 2. The van der Waals surface area contributed by atoms with Gasteiger partial charge in [-0.25, -0.2) is 5.01 Å². The van der Waals surface area contributed by atoms with E-state index in [1.807, 2.05) is 48.5 Å². The first-order chi connectivity index (χ1) is 17.4. The number of hydrogen-bond donors (Lipinski definition) is 1. The lowest BCUT2D eigenvalue weighted by Crippen LogP contribution is -2.24. The van der Waals surface area contributed by atoms with Crippen LogP contribution in [0.2, 0.25) is 5.02 Å². The Morgan fingerprint density at radius 1 is 1.03 bits per heavy atom. The molecule has 0 radical (unpaired) electrons. The van der Waals surface area contributed by atoms with E-state index in [1.165, 1.54) is 11.9 Å². The summed E-state index contributed by atoms with van der Waals surface area (Å²) in [6.07, 6.45) is 0.318. The van der Waals surface area contributed by atoms with Crippen LogP contribution in [0.1, 0.15) is 30.5 Å². The first-order valence-corrected chi connectivity index (χ1v) is 11.8. The lowest BCUT2D eigenvalue weighted by molar-refractivity contribution is -0.130. The van der Waals surface area contributed by atoms with Crippen LogP contribution in [0.25, 0.3) is 22.0 Å². The Labute approximate surface area is 212 Å². The molecule has 0 saturated carbocycles. The number of para-hydroxylation sites is 1. The predicted octanol–water partition coefficient (Wildman–Crippen LogP) is 5.56. The van der Waals surface area contributed by atoms with Gasteiger partial charge >= 0.3 is 0 Å². The summed E-state index contributed by atoms with van der Waals surface area (Å²) in [6, 6.07) is 20.0. The Morgan fingerprint density at radius 3 is 2.50 bits per heavy atom. The van der Waals surface area contributed by atoms with E-state index in [9.17, 15) is 9.59 Å². The van der Waals surface area contributed by atoms with Crippen LogP contribution >= 0.6 is 11.6 Å². The summed E-state index contributed by atoms with van der Waals surface area (Å²) in [5, 5.41) is 7.43. The largest absolute Gasteiger partial charge is 0.493 e. The zero-order valence-corrected chi connectivity index (χ0v) is 20.8. The van der Waals surface area contributed by atoms with Crippen molar-refractivity contribution in [2.24, 2.45) is 5.10 Å². The molecule has 0 fully saturated rings. The van der Waals surface area contributed by atoms with Crippen molar-refractivity contribution in [1.82, 2.24) is 9.99 Å². The highest BCUT2D eigenvalue weighted by atomic mass is 35.5. The van der Waals surface area contributed by atoms with Crippen LogP contribution in [0.3, 0.4) is 0 Å². The fourth-order valence-electron chi connectivity index (χ4n) is 4.81. The lowest BCUT2D eigenvalue weighted by Gasteiger charge is -2.23. The third-order valence-corrected chi connectivity index (χ3v) is 6.59. The van der Waals surface area contributed by atoms with Crippen LogP contribution in [0.5, 0.6) is 11.5 Å². The van der Waals surface area contributed by atoms with Crippen molar-refractivity contribution in [3.8, 4) is 22.6 Å². The second-order valence-electron chi connectivity index (χ2n) is 8.47. The van der Waals surface area contributed by atoms with Gasteiger partial charge in [-0.2, -0.15) is 5.10 Å². The highest BCUT2D eigenvalue weighted by molar-refractivity contribution is 6.31. The molecule has 2 heterocycles. The molecule has 1 N–H and O–H groups in total. The number of hydrazone groups is 1. The molecule has 1 aromatic heterocycles. The SMILES string of the molecule is COc1cccc(C2CC(c3c(-c4ccccc4)c4cc(Cl)ccc4[nH]c3=O)=NN2C(C)=O)c1OC. The Hall–Kier alpha value is -4.10. The Bertz CT molecular complexity index is 1560. The number of fused-ring (bicyclic) bond motifs is 1. The van der Waals surface area contributed by atoms with E-state index < -0.39 is 6.04 Å². The molecule has 0 saturated heterocycles. The molecule has 1 atom stereocenters. The summed E-state index contributed by atoms with van der Waals surface area (Å²) < 4.78 is 11.1. The fourth-order valence-corrected chi connectivity index (χ4v) is 4.99. The number of pyridine rings is 1. The zero-order valence-electron chi connectivity index (χ0n) is 20.0. The van der Waals surface area contributed by atoms with Crippen molar-refractivity contribution >= 4 is 34.1 Å². The van der Waals surface area contributed by atoms with Crippen molar-refractivity contribution in [1.29, 1.82) is 0 Å². The molecule has 5 rings (SSSR count). The minimum Gasteiger partial charge on any atom is -0.493 e. The minimum absolute atomic E-state index is 0.249. The molecule has 0 aliphatic carbocycles. The third-order valence-electron chi connectivity index (χ3n) is 6.35. The standard InChI is InChI=1S/C28H24ClN3O4/c1-16(33)32-23(19-10-7-11-24(35-2)27(19)36-3)15-22(31-32)26-25(17-8-5-4-6-9-17)20-14-18(29)12-13-21(20)30-28(26)34/h4-14,23H,15H2,1-3H3,(H,30,34). The number of amides is 1. The molecule has 36 heavy (non-hydrogen) atoms. The normalized spacial score (nSPS) is 15.2. The number of rotatable bonds is 5. The molecule has 0 bridgehead atoms. The van der Waals surface area contributed by atoms with Crippen molar-refractivity contribution < 1.29 is 14.3 Å². The number of nitrogens with zero attached hydrogens (tertiary/aromatic N) is 2. The van der Waals surface area contributed by atoms with Gasteiger partial charge in [0.05, 0.1) is 31.5 Å². The molecule has 7 nitrogen and oxygen atoms in total. The van der Waals surface area contributed by atoms with Gasteiger partial charge in [0.15, 0.2) is 11.5 Å². The minimum atomic E-state index is -0.472. The second kappa shape index (κ2) is 9.51. The van der Waals surface area contributed by atoms with E-state index in [0.29, 0.717) is 39.7 Å². The van der Waals surface area contributed by atoms with Gasteiger partial charge in [-0.3, -0.25) is 9.59 Å². The quantitative estimate of drug-likeness (QED) is 0.388. The van der Waals surface area contributed by atoms with Crippen LogP contribution in [-0.4, -0.2) is 35.8 Å². The van der Waals surface area contributed by atoms with E-state index in [2.05, 4.69) is 10.1 Å². The summed E-state index contributed by atoms with van der Waals surface area (Å²) >= 11 is 6.36. The Kier molecular flexibility index (Phi) is 6.24. The van der Waals surface area contributed by atoms with Gasteiger partial charge in [0, 0.05) is 40.4 Å². The number of benzene rings is 3. The van der Waals surface area contributed by atoms with Crippen molar-refractivity contribution in [3.63, 3.8) is 0 Å². The molecule has 0 spiro atoms. The topological polar surface area (TPSA) is 84.0 Å². The van der Waals surface area contributed by atoms with Crippen molar-refractivity contribution in [3.05, 3.63) is 93.2 Å². The molecule has 8 heteroatoms. The number of carbonyl (C=O) groups excluding carboxylic acids is 1. The monoisotopic (exact) mass is 501 g/mol. The van der Waals surface area contributed by atoms with Crippen LogP contribution in [-0.2, 0) is 4.79 Å². The number of aromatic nitrogens is 1. The molecule has 1 aliphatic rings. The summed E-state index contributed by atoms with van der Waals surface area (Å²) in [6.45, 7) is 1.45. The molecule has 1 aliphatic heterocycles. The zero-order chi connectivity index (χ0) is 25.4. The summed E-state index contributed by atoms with van der Waals surface area (Å²) in [4.78, 5) is 29.2. The first-order valence-electron chi connectivity index (χ1n) is 11.4. The van der Waals surface area contributed by atoms with E-state index in [-0.39, 0.29) is 11.5 Å². The average molecular weight is 502 g/mol. The maximum atomic E-state index is 13.5. The third kappa shape index (κ3) is 4.01. The van der Waals surface area contributed by atoms with E-state index in [4.69, 9.17) is 21.1 Å². The maximum Gasteiger partial charge on any atom is 0.258 e. The predicted molar refractivity (Wildman–Crippen MR) is 141 cm³/mol. The summed E-state index contributed by atoms with van der Waals surface area (Å²) in [5.41, 5.74) is 3.60. The second-order valence-corrected chi connectivity index (χ2v) is 8.91. The average Bonchev–Trinajstić information content (AvgIpc) is 3.33. The molecule has 1 amide bonds. The number of hydrogen-bond acceptors (Lipinski definition) is 5. The van der Waals surface area contributed by atoms with Crippen molar-refractivity contribution in [2.45, 2.75) is 19.4 Å². The molecule has 1 unspecified atom stereocenters. The Balaban J connectivity index is 1.74. The lowest BCUT2D eigenvalue weighted by atomic mass is 9.91. The van der Waals surface area contributed by atoms with Gasteiger partial charge in [0.1, 0.15) is 0 Å². The molecular formula is C28H24ClN3O4. The van der Waals surface area contributed by atoms with Gasteiger partial charge in [0.25, 0.3) is 5.56 Å². The number of aromatic amines is 1. The Morgan fingerprint density at radius 2 is 1.81 bits per heavy atom. The number of methoxy groups -OCH3 is 2. The van der Waals surface area contributed by atoms with E-state index in [0.717, 1.165) is 22.1 Å². The van der Waals surface area contributed by atoms with E-state index in [1.54, 1.807) is 32.4 Å². The van der Waals surface area contributed by atoms with Gasteiger partial charge in [0.2, 0.25) is 5.91 Å². The molecule has 3 aromatic carbocycles. The number of H-pyrrole nitrogens is 1. The van der Waals surface area contributed by atoms with Crippen LogP contribution in [0, 0.1) is 0 Å². The highest BCUT2D eigenvalue weighted by Gasteiger charge is 2.36. The van der Waals surface area contributed by atoms with Gasteiger partial charge in [-0.15, -0.1) is 0 Å². The summed E-state index contributed by atoms with van der Waals surface area (Å²) in [5.74, 6) is 0.826. The van der Waals surface area contributed by atoms with Gasteiger partial charge in [-0.05, 0) is 29.8 Å². The van der Waals surface area contributed by atoms with Crippen LogP contribution in [0.4, 0.5) is 0 Å². The number of nitrogens with one attached hydrogen (secondary N) is 1. The maximum absolute atomic E-state index is 13.5. The molecular weight excluding hydrogens is 478 g/mol. The smallest absolute Gasteiger partial charge is 0.258 e. The number of halogens is 1. The highest BCUT2D eigenvalue weighted by Crippen LogP contribution is 2.42. The van der Waals surface area contributed by atoms with Crippen LogP contribution < -0.4 is 15.0 Å². The fraction of sp³-hybridized carbons (Fsp3) is 0.179. The van der Waals surface area contributed by atoms with Gasteiger partial charge in [-0.1, -0.05) is 54.1 Å².